The third-order valence-corrected chi connectivity index (χ3v) is 3.74. The van der Waals surface area contributed by atoms with Crippen molar-refractivity contribution in [3.8, 4) is 5.75 Å². The lowest BCUT2D eigenvalue weighted by atomic mass is 10.1. The van der Waals surface area contributed by atoms with Crippen LogP contribution in [0.25, 0.3) is 10.8 Å². The minimum Gasteiger partial charge on any atom is -0.505 e. The number of hydrogen-bond acceptors (Lipinski definition) is 3. The number of halogens is 3. The number of alkyl halides is 3. The first-order chi connectivity index (χ1) is 11.8. The molecule has 25 heavy (non-hydrogen) atoms. The topological polar surface area (TPSA) is 60.8 Å². The summed E-state index contributed by atoms with van der Waals surface area (Å²) in [7, 11) is 0. The predicted molar refractivity (Wildman–Crippen MR) is 85.7 cm³/mol. The van der Waals surface area contributed by atoms with E-state index in [0.29, 0.717) is 16.8 Å². The molecule has 0 aromatic heterocycles. The molecule has 0 unspecified atom stereocenters. The van der Waals surface area contributed by atoms with Crippen LogP contribution in [0.5, 0.6) is 5.75 Å². The summed E-state index contributed by atoms with van der Waals surface area (Å²) in [5, 5.41) is 21.6. The molecule has 0 fully saturated rings. The normalized spacial score (nSPS) is 11.5. The fraction of sp³-hybridized carbons (Fsp3) is 0.0556. The van der Waals surface area contributed by atoms with Crippen LogP contribution in [0.15, 0.2) is 60.7 Å². The van der Waals surface area contributed by atoms with Gasteiger partial charge in [0.15, 0.2) is 0 Å². The molecule has 2 N–H and O–H groups in total. The fourth-order valence-corrected chi connectivity index (χ4v) is 2.47. The number of hydroxylamine groups is 1. The van der Waals surface area contributed by atoms with Gasteiger partial charge in [0.05, 0.1) is 5.56 Å². The molecule has 3 rings (SSSR count). The average Bonchev–Trinajstić information content (AvgIpc) is 2.60. The fourth-order valence-electron chi connectivity index (χ4n) is 2.47. The van der Waals surface area contributed by atoms with Crippen molar-refractivity contribution in [2.45, 2.75) is 6.18 Å². The number of amides is 1. The quantitative estimate of drug-likeness (QED) is 0.526. The van der Waals surface area contributed by atoms with Crippen LogP contribution in [-0.4, -0.2) is 16.2 Å². The van der Waals surface area contributed by atoms with Crippen molar-refractivity contribution >= 4 is 22.4 Å². The molecule has 3 aromatic rings. The highest BCUT2D eigenvalue weighted by molar-refractivity contribution is 6.07. The van der Waals surface area contributed by atoms with E-state index in [0.717, 1.165) is 18.2 Å². The van der Waals surface area contributed by atoms with Gasteiger partial charge in [0, 0.05) is 10.9 Å². The van der Waals surface area contributed by atoms with Crippen LogP contribution in [0.2, 0.25) is 0 Å². The second-order valence-electron chi connectivity index (χ2n) is 5.35. The van der Waals surface area contributed by atoms with E-state index in [1.54, 1.807) is 30.3 Å². The van der Waals surface area contributed by atoms with Gasteiger partial charge in [0.2, 0.25) is 0 Å². The Bertz CT molecular complexity index is 954. The van der Waals surface area contributed by atoms with E-state index in [1.165, 1.54) is 6.07 Å². The number of anilines is 1. The summed E-state index contributed by atoms with van der Waals surface area (Å²) in [6, 6.07) is 13.3. The minimum absolute atomic E-state index is 0.136. The Hall–Kier alpha value is -3.06. The van der Waals surface area contributed by atoms with Crippen molar-refractivity contribution in [3.63, 3.8) is 0 Å². The van der Waals surface area contributed by atoms with Crippen molar-refractivity contribution in [2.75, 3.05) is 5.06 Å². The Morgan fingerprint density at radius 3 is 2.40 bits per heavy atom. The Morgan fingerprint density at radius 2 is 1.68 bits per heavy atom. The van der Waals surface area contributed by atoms with E-state index in [2.05, 4.69) is 0 Å². The number of phenols is 1. The molecule has 3 aromatic carbocycles. The molecule has 7 heteroatoms. The summed E-state index contributed by atoms with van der Waals surface area (Å²) < 4.78 is 38.3. The summed E-state index contributed by atoms with van der Waals surface area (Å²) in [6.45, 7) is 0. The van der Waals surface area contributed by atoms with Crippen molar-refractivity contribution in [1.29, 1.82) is 0 Å². The van der Waals surface area contributed by atoms with Crippen molar-refractivity contribution in [2.24, 2.45) is 0 Å². The van der Waals surface area contributed by atoms with Crippen LogP contribution in [0.3, 0.4) is 0 Å². The first-order valence-corrected chi connectivity index (χ1v) is 7.20. The first kappa shape index (κ1) is 16.8. The van der Waals surface area contributed by atoms with Gasteiger partial charge in [-0.3, -0.25) is 10.0 Å². The van der Waals surface area contributed by atoms with Crippen molar-refractivity contribution in [3.05, 3.63) is 71.8 Å². The molecule has 0 saturated carbocycles. The SMILES string of the molecule is O=C(c1cccc(C(F)(F)F)c1)N(O)c1ccc2ccccc2c1O. The summed E-state index contributed by atoms with van der Waals surface area (Å²) >= 11 is 0. The molecule has 0 bridgehead atoms. The monoisotopic (exact) mass is 347 g/mol. The molecule has 0 atom stereocenters. The maximum absolute atomic E-state index is 12.8. The maximum Gasteiger partial charge on any atom is 0.416 e. The van der Waals surface area contributed by atoms with Gasteiger partial charge in [0.25, 0.3) is 5.91 Å². The summed E-state index contributed by atoms with van der Waals surface area (Å²) in [4.78, 5) is 12.3. The van der Waals surface area contributed by atoms with E-state index in [-0.39, 0.29) is 22.1 Å². The molecule has 1 amide bonds. The number of rotatable bonds is 2. The van der Waals surface area contributed by atoms with E-state index in [4.69, 9.17) is 0 Å². The molecule has 0 radical (unpaired) electrons. The Kier molecular flexibility index (Phi) is 4.10. The highest BCUT2D eigenvalue weighted by Gasteiger charge is 2.31. The smallest absolute Gasteiger partial charge is 0.416 e. The number of aromatic hydroxyl groups is 1. The van der Waals surface area contributed by atoms with Gasteiger partial charge in [0.1, 0.15) is 11.4 Å². The second-order valence-corrected chi connectivity index (χ2v) is 5.35. The number of benzene rings is 3. The highest BCUT2D eigenvalue weighted by Crippen LogP contribution is 2.35. The zero-order valence-corrected chi connectivity index (χ0v) is 12.7. The number of hydrogen-bond donors (Lipinski definition) is 2. The molecule has 0 aliphatic carbocycles. The first-order valence-electron chi connectivity index (χ1n) is 7.20. The lowest BCUT2D eigenvalue weighted by Crippen LogP contribution is -2.27. The van der Waals surface area contributed by atoms with E-state index in [9.17, 15) is 28.3 Å². The van der Waals surface area contributed by atoms with E-state index < -0.39 is 17.6 Å². The Balaban J connectivity index is 2.00. The van der Waals surface area contributed by atoms with Crippen molar-refractivity contribution in [1.82, 2.24) is 0 Å². The van der Waals surface area contributed by atoms with Crippen LogP contribution in [-0.2, 0) is 6.18 Å². The Morgan fingerprint density at radius 1 is 0.960 bits per heavy atom. The van der Waals surface area contributed by atoms with E-state index in [1.807, 2.05) is 0 Å². The molecule has 0 aliphatic heterocycles. The number of phenolic OH excluding ortho intramolecular Hbond substituents is 1. The van der Waals surface area contributed by atoms with Gasteiger partial charge in [-0.05, 0) is 29.7 Å². The van der Waals surface area contributed by atoms with Gasteiger partial charge in [-0.15, -0.1) is 0 Å². The van der Waals surface area contributed by atoms with Gasteiger partial charge in [-0.25, -0.2) is 0 Å². The predicted octanol–water partition coefficient (Wildman–Crippen LogP) is 4.60. The third-order valence-electron chi connectivity index (χ3n) is 3.74. The van der Waals surface area contributed by atoms with E-state index >= 15 is 0 Å². The molecular formula is C18H12F3NO3. The molecule has 4 nitrogen and oxygen atoms in total. The third kappa shape index (κ3) is 3.14. The molecule has 0 aliphatic rings. The van der Waals surface area contributed by atoms with Crippen molar-refractivity contribution < 1.29 is 28.3 Å². The molecule has 128 valence electrons. The zero-order chi connectivity index (χ0) is 18.2. The molecule has 0 heterocycles. The van der Waals surface area contributed by atoms with Crippen LogP contribution in [0.1, 0.15) is 15.9 Å². The van der Waals surface area contributed by atoms with Crippen LogP contribution >= 0.6 is 0 Å². The number of carbonyl (C=O) groups excluding carboxylic acids is 1. The molecule has 0 saturated heterocycles. The minimum atomic E-state index is -4.61. The van der Waals surface area contributed by atoms with Crippen LogP contribution in [0, 0.1) is 0 Å². The second kappa shape index (κ2) is 6.10. The lowest BCUT2D eigenvalue weighted by molar-refractivity contribution is -0.137. The van der Waals surface area contributed by atoms with Crippen LogP contribution < -0.4 is 5.06 Å². The van der Waals surface area contributed by atoms with Gasteiger partial charge >= 0.3 is 6.18 Å². The zero-order valence-electron chi connectivity index (χ0n) is 12.7. The van der Waals surface area contributed by atoms with Gasteiger partial charge in [-0.1, -0.05) is 36.4 Å². The molecule has 0 spiro atoms. The number of fused-ring (bicyclic) bond motifs is 1. The molecular weight excluding hydrogens is 335 g/mol. The highest BCUT2D eigenvalue weighted by atomic mass is 19.4. The van der Waals surface area contributed by atoms with Crippen LogP contribution in [0.4, 0.5) is 18.9 Å². The van der Waals surface area contributed by atoms with Gasteiger partial charge < -0.3 is 5.11 Å². The summed E-state index contributed by atoms with van der Waals surface area (Å²) in [5.74, 6) is -1.43. The largest absolute Gasteiger partial charge is 0.505 e. The number of nitrogens with zero attached hydrogens (tertiary/aromatic N) is 1. The Labute approximate surface area is 140 Å². The summed E-state index contributed by atoms with van der Waals surface area (Å²) in [6.07, 6.45) is -4.61. The van der Waals surface area contributed by atoms with Gasteiger partial charge in [-0.2, -0.15) is 18.2 Å². The number of carbonyl (C=O) groups is 1. The summed E-state index contributed by atoms with van der Waals surface area (Å²) in [5.41, 5.74) is -1.58. The maximum atomic E-state index is 12.8. The standard InChI is InChI=1S/C18H12F3NO3/c19-18(20,21)13-6-3-5-12(10-13)17(24)22(25)15-9-8-11-4-1-2-7-14(11)16(15)23/h1-10,23,25H. The lowest BCUT2D eigenvalue weighted by Gasteiger charge is -2.18. The average molecular weight is 347 g/mol.